The smallest absolute Gasteiger partial charge is 0.310 e. The van der Waals surface area contributed by atoms with Crippen LogP contribution in [-0.4, -0.2) is 11.1 Å². The Morgan fingerprint density at radius 3 is 2.82 bits per heavy atom. The molecule has 0 bridgehead atoms. The lowest BCUT2D eigenvalue weighted by Gasteiger charge is -2.08. The highest BCUT2D eigenvalue weighted by molar-refractivity contribution is 7.09. The van der Waals surface area contributed by atoms with Crippen molar-refractivity contribution in [2.75, 3.05) is 0 Å². The molecule has 1 aromatic heterocycles. The summed E-state index contributed by atoms with van der Waals surface area (Å²) in [5.41, 5.74) is 2.03. The van der Waals surface area contributed by atoms with Gasteiger partial charge < -0.3 is 5.11 Å². The van der Waals surface area contributed by atoms with E-state index >= 15 is 0 Å². The van der Waals surface area contributed by atoms with Crippen LogP contribution in [-0.2, 0) is 11.2 Å². The maximum atomic E-state index is 10.9. The van der Waals surface area contributed by atoms with E-state index in [-0.39, 0.29) is 0 Å². The number of benzene rings is 1. The third-order valence-corrected chi connectivity index (χ3v) is 3.66. The predicted octanol–water partition coefficient (Wildman–Crippen LogP) is 3.53. The number of thiophene rings is 1. The molecule has 2 aromatic rings. The molecule has 17 heavy (non-hydrogen) atoms. The van der Waals surface area contributed by atoms with E-state index in [0.29, 0.717) is 0 Å². The van der Waals surface area contributed by atoms with E-state index < -0.39 is 11.9 Å². The minimum Gasteiger partial charge on any atom is -0.481 e. The van der Waals surface area contributed by atoms with Crippen molar-refractivity contribution < 1.29 is 9.90 Å². The van der Waals surface area contributed by atoms with Gasteiger partial charge in [0.25, 0.3) is 0 Å². The predicted molar refractivity (Wildman–Crippen MR) is 69.6 cm³/mol. The maximum Gasteiger partial charge on any atom is 0.310 e. The summed E-state index contributed by atoms with van der Waals surface area (Å²) in [6, 6.07) is 12.0. The van der Waals surface area contributed by atoms with Crippen molar-refractivity contribution >= 4 is 17.3 Å². The van der Waals surface area contributed by atoms with Gasteiger partial charge in [-0.3, -0.25) is 4.79 Å². The van der Waals surface area contributed by atoms with Crippen LogP contribution < -0.4 is 0 Å². The SMILES string of the molecule is CC(C(=O)O)c1cccc(Cc2cccs2)c1. The number of rotatable bonds is 4. The molecule has 0 aliphatic heterocycles. The molecule has 0 amide bonds. The Morgan fingerprint density at radius 1 is 1.35 bits per heavy atom. The summed E-state index contributed by atoms with van der Waals surface area (Å²) in [5.74, 6) is -1.23. The van der Waals surface area contributed by atoms with Crippen molar-refractivity contribution in [3.63, 3.8) is 0 Å². The zero-order valence-corrected chi connectivity index (χ0v) is 10.4. The van der Waals surface area contributed by atoms with Gasteiger partial charge in [0.1, 0.15) is 0 Å². The molecule has 3 heteroatoms. The minimum atomic E-state index is -0.779. The summed E-state index contributed by atoms with van der Waals surface area (Å²) >= 11 is 1.72. The number of carboxylic acid groups (broad SMARTS) is 1. The molecule has 0 aliphatic rings. The lowest BCUT2D eigenvalue weighted by molar-refractivity contribution is -0.138. The van der Waals surface area contributed by atoms with Crippen LogP contribution >= 0.6 is 11.3 Å². The number of carboxylic acids is 1. The molecule has 0 radical (unpaired) electrons. The van der Waals surface area contributed by atoms with Crippen LogP contribution in [0.5, 0.6) is 0 Å². The van der Waals surface area contributed by atoms with Gasteiger partial charge in [-0.05, 0) is 29.5 Å². The van der Waals surface area contributed by atoms with Crippen LogP contribution in [0.2, 0.25) is 0 Å². The van der Waals surface area contributed by atoms with Gasteiger partial charge in [-0.1, -0.05) is 30.3 Å². The van der Waals surface area contributed by atoms with Gasteiger partial charge in [-0.2, -0.15) is 0 Å². The first-order chi connectivity index (χ1) is 8.16. The lowest BCUT2D eigenvalue weighted by Crippen LogP contribution is -2.07. The van der Waals surface area contributed by atoms with Crippen LogP contribution in [0.15, 0.2) is 41.8 Å². The largest absolute Gasteiger partial charge is 0.481 e. The highest BCUT2D eigenvalue weighted by Gasteiger charge is 2.13. The van der Waals surface area contributed by atoms with Crippen LogP contribution in [0, 0.1) is 0 Å². The van der Waals surface area contributed by atoms with Crippen LogP contribution in [0.4, 0.5) is 0 Å². The summed E-state index contributed by atoms with van der Waals surface area (Å²) in [4.78, 5) is 12.2. The quantitative estimate of drug-likeness (QED) is 0.896. The number of carbonyl (C=O) groups is 1. The van der Waals surface area contributed by atoms with Gasteiger partial charge in [0.05, 0.1) is 5.92 Å². The molecule has 2 nitrogen and oxygen atoms in total. The van der Waals surface area contributed by atoms with E-state index in [9.17, 15) is 4.79 Å². The van der Waals surface area contributed by atoms with Gasteiger partial charge >= 0.3 is 5.97 Å². The van der Waals surface area contributed by atoms with Gasteiger partial charge in [-0.15, -0.1) is 11.3 Å². The summed E-state index contributed by atoms with van der Waals surface area (Å²) in [7, 11) is 0. The van der Waals surface area contributed by atoms with Crippen molar-refractivity contribution in [1.29, 1.82) is 0 Å². The van der Waals surface area contributed by atoms with Crippen molar-refractivity contribution in [2.24, 2.45) is 0 Å². The van der Waals surface area contributed by atoms with Crippen molar-refractivity contribution in [1.82, 2.24) is 0 Å². The van der Waals surface area contributed by atoms with Crippen LogP contribution in [0.3, 0.4) is 0 Å². The van der Waals surface area contributed by atoms with E-state index in [4.69, 9.17) is 5.11 Å². The molecular formula is C14H14O2S. The Morgan fingerprint density at radius 2 is 2.18 bits per heavy atom. The average molecular weight is 246 g/mol. The second kappa shape index (κ2) is 5.15. The number of aliphatic carboxylic acids is 1. The zero-order chi connectivity index (χ0) is 12.3. The highest BCUT2D eigenvalue weighted by atomic mass is 32.1. The van der Waals surface area contributed by atoms with E-state index in [0.717, 1.165) is 17.5 Å². The molecule has 2 rings (SSSR count). The monoisotopic (exact) mass is 246 g/mol. The Balaban J connectivity index is 2.19. The fraction of sp³-hybridized carbons (Fsp3) is 0.214. The molecule has 0 fully saturated rings. The van der Waals surface area contributed by atoms with E-state index in [2.05, 4.69) is 11.4 Å². The lowest BCUT2D eigenvalue weighted by atomic mass is 9.98. The summed E-state index contributed by atoms with van der Waals surface area (Å²) in [5, 5.41) is 11.0. The highest BCUT2D eigenvalue weighted by Crippen LogP contribution is 2.20. The fourth-order valence-electron chi connectivity index (χ4n) is 1.73. The summed E-state index contributed by atoms with van der Waals surface area (Å²) in [6.45, 7) is 1.71. The molecule has 1 atom stereocenters. The fourth-order valence-corrected chi connectivity index (χ4v) is 2.47. The normalized spacial score (nSPS) is 12.3. The van der Waals surface area contributed by atoms with E-state index in [1.807, 2.05) is 30.3 Å². The Bertz CT molecular complexity index is 503. The Kier molecular flexibility index (Phi) is 3.59. The van der Waals surface area contributed by atoms with Crippen molar-refractivity contribution in [2.45, 2.75) is 19.3 Å². The topological polar surface area (TPSA) is 37.3 Å². The van der Waals surface area contributed by atoms with E-state index in [1.54, 1.807) is 18.3 Å². The third kappa shape index (κ3) is 2.94. The molecule has 0 spiro atoms. The summed E-state index contributed by atoms with van der Waals surface area (Å²) < 4.78 is 0. The Hall–Kier alpha value is -1.61. The number of hydrogen-bond donors (Lipinski definition) is 1. The van der Waals surface area contributed by atoms with Crippen molar-refractivity contribution in [3.8, 4) is 0 Å². The molecule has 1 heterocycles. The second-order valence-electron chi connectivity index (χ2n) is 4.06. The number of hydrogen-bond acceptors (Lipinski definition) is 2. The first kappa shape index (κ1) is 11.9. The van der Waals surface area contributed by atoms with Crippen molar-refractivity contribution in [3.05, 3.63) is 57.8 Å². The van der Waals surface area contributed by atoms with Gasteiger partial charge in [0.2, 0.25) is 0 Å². The molecule has 1 aromatic carbocycles. The van der Waals surface area contributed by atoms with Gasteiger partial charge in [0.15, 0.2) is 0 Å². The van der Waals surface area contributed by atoms with E-state index in [1.165, 1.54) is 4.88 Å². The zero-order valence-electron chi connectivity index (χ0n) is 9.59. The third-order valence-electron chi connectivity index (χ3n) is 2.78. The molecular weight excluding hydrogens is 232 g/mol. The standard InChI is InChI=1S/C14H14O2S/c1-10(14(15)16)12-5-2-4-11(8-12)9-13-6-3-7-17-13/h2-8,10H,9H2,1H3,(H,15,16). The molecule has 88 valence electrons. The molecule has 0 aliphatic carbocycles. The summed E-state index contributed by atoms with van der Waals surface area (Å²) in [6.07, 6.45) is 0.873. The Labute approximate surface area is 105 Å². The van der Waals surface area contributed by atoms with Gasteiger partial charge in [0, 0.05) is 11.3 Å². The molecule has 0 saturated heterocycles. The first-order valence-electron chi connectivity index (χ1n) is 5.51. The first-order valence-corrected chi connectivity index (χ1v) is 6.39. The van der Waals surface area contributed by atoms with Gasteiger partial charge in [-0.25, -0.2) is 0 Å². The second-order valence-corrected chi connectivity index (χ2v) is 5.09. The van der Waals surface area contributed by atoms with Crippen LogP contribution in [0.25, 0.3) is 0 Å². The molecule has 1 N–H and O–H groups in total. The minimum absolute atomic E-state index is 0.446. The molecule has 1 unspecified atom stereocenters. The average Bonchev–Trinajstić information content (AvgIpc) is 2.81. The maximum absolute atomic E-state index is 10.9. The van der Waals surface area contributed by atoms with Crippen LogP contribution in [0.1, 0.15) is 28.8 Å². The molecule has 0 saturated carbocycles.